The van der Waals surface area contributed by atoms with E-state index in [0.29, 0.717) is 6.42 Å². The molecule has 1 atom stereocenters. The molecule has 15 heavy (non-hydrogen) atoms. The van der Waals surface area contributed by atoms with Crippen molar-refractivity contribution in [3.05, 3.63) is 0 Å². The van der Waals surface area contributed by atoms with Crippen LogP contribution in [0.5, 0.6) is 0 Å². The van der Waals surface area contributed by atoms with E-state index in [4.69, 9.17) is 5.84 Å². The molecule has 0 saturated carbocycles. The predicted molar refractivity (Wildman–Crippen MR) is 57.9 cm³/mol. The minimum atomic E-state index is -0.519. The average molecular weight is 215 g/mol. The minimum absolute atomic E-state index is 0.108. The van der Waals surface area contributed by atoms with E-state index in [0.717, 1.165) is 38.9 Å². The first-order valence-corrected chi connectivity index (χ1v) is 5.48. The molecule has 0 bridgehead atoms. The Kier molecular flexibility index (Phi) is 4.50. The first-order valence-electron chi connectivity index (χ1n) is 5.48. The molecule has 0 aromatic heterocycles. The van der Waals surface area contributed by atoms with Crippen LogP contribution in [0.3, 0.4) is 0 Å². The van der Waals surface area contributed by atoms with Gasteiger partial charge in [0.05, 0.1) is 5.60 Å². The lowest BCUT2D eigenvalue weighted by atomic mass is 10.1. The third-order valence-corrected chi connectivity index (χ3v) is 2.82. The summed E-state index contributed by atoms with van der Waals surface area (Å²) >= 11 is 0. The fourth-order valence-electron chi connectivity index (χ4n) is 1.92. The summed E-state index contributed by atoms with van der Waals surface area (Å²) in [5.74, 6) is 4.86. The van der Waals surface area contributed by atoms with Crippen molar-refractivity contribution < 1.29 is 9.90 Å². The van der Waals surface area contributed by atoms with Crippen LogP contribution in [0.25, 0.3) is 0 Å². The van der Waals surface area contributed by atoms with Crippen LogP contribution < -0.4 is 11.3 Å². The van der Waals surface area contributed by atoms with Crippen molar-refractivity contribution in [2.75, 3.05) is 19.6 Å². The molecule has 0 spiro atoms. The van der Waals surface area contributed by atoms with Crippen LogP contribution in [0.2, 0.25) is 0 Å². The Morgan fingerprint density at radius 1 is 1.60 bits per heavy atom. The second-order valence-electron chi connectivity index (χ2n) is 4.55. The molecule has 0 aromatic carbocycles. The number of β-amino-alcohol motifs (C(OH)–C–C–N with tert-alkyl or cyclic N) is 1. The lowest BCUT2D eigenvalue weighted by Gasteiger charge is -2.18. The number of amides is 1. The topological polar surface area (TPSA) is 78.6 Å². The third-order valence-electron chi connectivity index (χ3n) is 2.82. The molecule has 1 rings (SSSR count). The Labute approximate surface area is 90.6 Å². The van der Waals surface area contributed by atoms with Crippen LogP contribution in [0.15, 0.2) is 0 Å². The maximum atomic E-state index is 10.8. The number of unbranched alkanes of at least 4 members (excludes halogenated alkanes) is 1. The number of hydrazine groups is 1. The molecule has 0 aliphatic carbocycles. The molecule has 1 fully saturated rings. The summed E-state index contributed by atoms with van der Waals surface area (Å²) in [6, 6.07) is 0. The highest BCUT2D eigenvalue weighted by Gasteiger charge is 2.30. The zero-order valence-corrected chi connectivity index (χ0v) is 9.33. The Hall–Kier alpha value is -0.650. The number of hydrogen-bond donors (Lipinski definition) is 3. The number of nitrogens with zero attached hydrogens (tertiary/aromatic N) is 1. The molecule has 4 N–H and O–H groups in total. The lowest BCUT2D eigenvalue weighted by Crippen LogP contribution is -2.31. The van der Waals surface area contributed by atoms with E-state index in [1.807, 2.05) is 6.92 Å². The third kappa shape index (κ3) is 4.59. The van der Waals surface area contributed by atoms with Gasteiger partial charge in [0.2, 0.25) is 5.91 Å². The summed E-state index contributed by atoms with van der Waals surface area (Å²) in [4.78, 5) is 13.1. The number of nitrogens with one attached hydrogen (secondary N) is 1. The van der Waals surface area contributed by atoms with E-state index in [1.165, 1.54) is 0 Å². The lowest BCUT2D eigenvalue weighted by molar-refractivity contribution is -0.121. The number of nitrogens with two attached hydrogens (primary N) is 1. The predicted octanol–water partition coefficient (Wildman–Crippen LogP) is -0.397. The molecule has 5 heteroatoms. The first kappa shape index (κ1) is 12.4. The average Bonchev–Trinajstić information content (AvgIpc) is 2.52. The van der Waals surface area contributed by atoms with Gasteiger partial charge in [-0.25, -0.2) is 5.84 Å². The monoisotopic (exact) mass is 215 g/mol. The Bertz CT molecular complexity index is 219. The normalized spacial score (nSPS) is 26.9. The Morgan fingerprint density at radius 3 is 2.87 bits per heavy atom. The van der Waals surface area contributed by atoms with Crippen molar-refractivity contribution in [2.45, 2.75) is 38.2 Å². The van der Waals surface area contributed by atoms with E-state index in [2.05, 4.69) is 10.3 Å². The van der Waals surface area contributed by atoms with Crippen molar-refractivity contribution in [1.82, 2.24) is 10.3 Å². The Morgan fingerprint density at radius 2 is 2.33 bits per heavy atom. The number of hydrogen-bond acceptors (Lipinski definition) is 4. The summed E-state index contributed by atoms with van der Waals surface area (Å²) < 4.78 is 0. The van der Waals surface area contributed by atoms with Crippen LogP contribution in [0.1, 0.15) is 32.6 Å². The second-order valence-corrected chi connectivity index (χ2v) is 4.55. The van der Waals surface area contributed by atoms with Gasteiger partial charge in [0.25, 0.3) is 0 Å². The van der Waals surface area contributed by atoms with E-state index in [-0.39, 0.29) is 5.91 Å². The van der Waals surface area contributed by atoms with Crippen LogP contribution >= 0.6 is 0 Å². The molecular formula is C10H21N3O2. The fourth-order valence-corrected chi connectivity index (χ4v) is 1.92. The van der Waals surface area contributed by atoms with E-state index in [1.54, 1.807) is 0 Å². The van der Waals surface area contributed by atoms with Gasteiger partial charge in [-0.3, -0.25) is 10.2 Å². The standard InChI is InChI=1S/C10H21N3O2/c1-10(15)5-7-13(8-10)6-3-2-4-9(14)12-11/h15H,2-8,11H2,1H3,(H,12,14). The van der Waals surface area contributed by atoms with E-state index >= 15 is 0 Å². The van der Waals surface area contributed by atoms with Crippen LogP contribution in [0, 0.1) is 0 Å². The van der Waals surface area contributed by atoms with Crippen molar-refractivity contribution in [3.8, 4) is 0 Å². The molecular weight excluding hydrogens is 194 g/mol. The highest BCUT2D eigenvalue weighted by Crippen LogP contribution is 2.20. The van der Waals surface area contributed by atoms with Crippen LogP contribution in [0.4, 0.5) is 0 Å². The highest BCUT2D eigenvalue weighted by atomic mass is 16.3. The van der Waals surface area contributed by atoms with Crippen LogP contribution in [-0.2, 0) is 4.79 Å². The summed E-state index contributed by atoms with van der Waals surface area (Å²) in [6.45, 7) is 4.52. The smallest absolute Gasteiger partial charge is 0.233 e. The quantitative estimate of drug-likeness (QED) is 0.252. The van der Waals surface area contributed by atoms with Gasteiger partial charge in [0.1, 0.15) is 0 Å². The van der Waals surface area contributed by atoms with Crippen molar-refractivity contribution in [3.63, 3.8) is 0 Å². The van der Waals surface area contributed by atoms with Gasteiger partial charge >= 0.3 is 0 Å². The maximum Gasteiger partial charge on any atom is 0.233 e. The fraction of sp³-hybridized carbons (Fsp3) is 0.900. The van der Waals surface area contributed by atoms with E-state index in [9.17, 15) is 9.90 Å². The SMILES string of the molecule is CC1(O)CCN(CCCCC(=O)NN)C1. The molecule has 1 aliphatic heterocycles. The van der Waals surface area contributed by atoms with Crippen molar-refractivity contribution >= 4 is 5.91 Å². The molecule has 1 saturated heterocycles. The number of carbonyl (C=O) groups is 1. The molecule has 1 aliphatic rings. The largest absolute Gasteiger partial charge is 0.389 e. The molecule has 0 aromatic rings. The molecule has 1 amide bonds. The van der Waals surface area contributed by atoms with E-state index < -0.39 is 5.60 Å². The van der Waals surface area contributed by atoms with Crippen molar-refractivity contribution in [2.24, 2.45) is 5.84 Å². The maximum absolute atomic E-state index is 10.8. The molecule has 0 radical (unpaired) electrons. The summed E-state index contributed by atoms with van der Waals surface area (Å²) in [7, 11) is 0. The molecule has 1 heterocycles. The zero-order chi connectivity index (χ0) is 11.3. The van der Waals surface area contributed by atoms with Gasteiger partial charge in [-0.2, -0.15) is 0 Å². The molecule has 1 unspecified atom stereocenters. The summed E-state index contributed by atoms with van der Waals surface area (Å²) in [5, 5.41) is 9.73. The zero-order valence-electron chi connectivity index (χ0n) is 9.33. The minimum Gasteiger partial charge on any atom is -0.389 e. The van der Waals surface area contributed by atoms with Crippen molar-refractivity contribution in [1.29, 1.82) is 0 Å². The number of aliphatic hydroxyl groups is 1. The van der Waals surface area contributed by atoms with Gasteiger partial charge in [0, 0.05) is 19.5 Å². The van der Waals surface area contributed by atoms with Gasteiger partial charge in [-0.1, -0.05) is 0 Å². The number of carbonyl (C=O) groups excluding carboxylic acids is 1. The van der Waals surface area contributed by atoms with Gasteiger partial charge in [-0.15, -0.1) is 0 Å². The summed E-state index contributed by atoms with van der Waals surface area (Å²) in [6.07, 6.45) is 3.15. The summed E-state index contributed by atoms with van der Waals surface area (Å²) in [5.41, 5.74) is 1.59. The van der Waals surface area contributed by atoms with Crippen LogP contribution in [-0.4, -0.2) is 41.1 Å². The Balaban J connectivity index is 2.04. The first-order chi connectivity index (χ1) is 7.03. The second kappa shape index (κ2) is 5.44. The van der Waals surface area contributed by atoms with Gasteiger partial charge < -0.3 is 10.0 Å². The molecule has 5 nitrogen and oxygen atoms in total. The van der Waals surface area contributed by atoms with Gasteiger partial charge in [-0.05, 0) is 32.7 Å². The highest BCUT2D eigenvalue weighted by molar-refractivity contribution is 5.75. The van der Waals surface area contributed by atoms with Gasteiger partial charge in [0.15, 0.2) is 0 Å². The molecule has 88 valence electrons. The number of likely N-dealkylation sites (tertiary alicyclic amines) is 1. The number of rotatable bonds is 5.